The lowest BCUT2D eigenvalue weighted by atomic mass is 10.1. The Morgan fingerprint density at radius 3 is 2.57 bits per heavy atom. The van der Waals surface area contributed by atoms with Crippen LogP contribution in [0.15, 0.2) is 48.8 Å². The lowest BCUT2D eigenvalue weighted by Gasteiger charge is -2.09. The van der Waals surface area contributed by atoms with E-state index in [2.05, 4.69) is 9.88 Å². The van der Waals surface area contributed by atoms with Crippen LogP contribution in [0.2, 0.25) is 0 Å². The Kier molecular flexibility index (Phi) is 5.86. The monoisotopic (exact) mass is 313 g/mol. The predicted molar refractivity (Wildman–Crippen MR) is 87.3 cm³/mol. The highest BCUT2D eigenvalue weighted by Gasteiger charge is 2.09. The Labute approximate surface area is 135 Å². The molecular formula is C18H21N2O3+. The lowest BCUT2D eigenvalue weighted by Crippen LogP contribution is -2.32. The van der Waals surface area contributed by atoms with Crippen LogP contribution in [0, 0.1) is 6.92 Å². The molecule has 0 unspecified atom stereocenters. The number of aryl methyl sites for hydroxylation is 2. The number of carboxylic acids is 1. The quantitative estimate of drug-likeness (QED) is 0.610. The van der Waals surface area contributed by atoms with Crippen LogP contribution in [0.1, 0.15) is 35.2 Å². The molecule has 0 aliphatic heterocycles. The lowest BCUT2D eigenvalue weighted by molar-refractivity contribution is -0.697. The first-order valence-corrected chi connectivity index (χ1v) is 7.64. The Bertz CT molecular complexity index is 684. The van der Waals surface area contributed by atoms with Crippen LogP contribution in [0.25, 0.3) is 0 Å². The molecule has 0 bridgehead atoms. The molecule has 1 heterocycles. The Balaban J connectivity index is 1.81. The van der Waals surface area contributed by atoms with Crippen LogP contribution in [0.4, 0.5) is 5.69 Å². The molecule has 0 aliphatic carbocycles. The number of carbonyl (C=O) groups excluding carboxylic acids is 1. The zero-order chi connectivity index (χ0) is 16.7. The third kappa shape index (κ3) is 5.21. The van der Waals surface area contributed by atoms with E-state index >= 15 is 0 Å². The Morgan fingerprint density at radius 2 is 1.87 bits per heavy atom. The molecule has 5 heteroatoms. The third-order valence-corrected chi connectivity index (χ3v) is 3.61. The fourth-order valence-electron chi connectivity index (χ4n) is 2.27. The molecule has 120 valence electrons. The number of rotatable bonds is 7. The molecule has 2 N–H and O–H groups in total. The number of aromatic nitrogens is 1. The number of carbonyl (C=O) groups is 2. The topological polar surface area (TPSA) is 70.3 Å². The zero-order valence-electron chi connectivity index (χ0n) is 13.2. The summed E-state index contributed by atoms with van der Waals surface area (Å²) in [5.41, 5.74) is 1.59. The first-order chi connectivity index (χ1) is 11.1. The van der Waals surface area contributed by atoms with Crippen molar-refractivity contribution >= 4 is 17.6 Å². The second-order valence-corrected chi connectivity index (χ2v) is 5.45. The summed E-state index contributed by atoms with van der Waals surface area (Å²) in [6, 6.07) is 10.7. The van der Waals surface area contributed by atoms with Crippen molar-refractivity contribution in [2.75, 3.05) is 5.32 Å². The number of amides is 1. The van der Waals surface area contributed by atoms with Gasteiger partial charge in [0, 0.05) is 30.7 Å². The molecule has 0 saturated heterocycles. The predicted octanol–water partition coefficient (Wildman–Crippen LogP) is 2.79. The first kappa shape index (κ1) is 16.7. The molecule has 1 aromatic carbocycles. The van der Waals surface area contributed by atoms with E-state index in [1.807, 2.05) is 37.5 Å². The number of hydrogen-bond donors (Lipinski definition) is 2. The van der Waals surface area contributed by atoms with E-state index in [1.54, 1.807) is 6.07 Å². The number of hydrogen-bond acceptors (Lipinski definition) is 2. The van der Waals surface area contributed by atoms with Crippen molar-refractivity contribution in [3.63, 3.8) is 0 Å². The van der Waals surface area contributed by atoms with Gasteiger partial charge in [-0.05, 0) is 31.0 Å². The zero-order valence-corrected chi connectivity index (χ0v) is 13.2. The van der Waals surface area contributed by atoms with Crippen molar-refractivity contribution in [1.82, 2.24) is 0 Å². The molecule has 2 aromatic rings. The fraction of sp³-hybridized carbons (Fsp3) is 0.278. The SMILES string of the molecule is Cc1ccc(C(=O)O)cc1NC(=O)CCCC[n+]1ccccc1. The van der Waals surface area contributed by atoms with Crippen molar-refractivity contribution in [2.24, 2.45) is 0 Å². The molecule has 1 amide bonds. The van der Waals surface area contributed by atoms with Gasteiger partial charge < -0.3 is 10.4 Å². The second-order valence-electron chi connectivity index (χ2n) is 5.45. The van der Waals surface area contributed by atoms with Gasteiger partial charge in [-0.25, -0.2) is 9.36 Å². The third-order valence-electron chi connectivity index (χ3n) is 3.61. The average molecular weight is 313 g/mol. The highest BCUT2D eigenvalue weighted by molar-refractivity contribution is 5.94. The number of nitrogens with one attached hydrogen (secondary N) is 1. The molecule has 0 fully saturated rings. The number of anilines is 1. The molecule has 5 nitrogen and oxygen atoms in total. The summed E-state index contributed by atoms with van der Waals surface area (Å²) in [7, 11) is 0. The molecule has 0 spiro atoms. The fourth-order valence-corrected chi connectivity index (χ4v) is 2.27. The van der Waals surface area contributed by atoms with Crippen LogP contribution in [0.3, 0.4) is 0 Å². The smallest absolute Gasteiger partial charge is 0.335 e. The molecular weight excluding hydrogens is 292 g/mol. The number of benzene rings is 1. The maximum atomic E-state index is 12.0. The summed E-state index contributed by atoms with van der Waals surface area (Å²) in [5, 5.41) is 11.8. The van der Waals surface area contributed by atoms with Gasteiger partial charge in [-0.2, -0.15) is 0 Å². The van der Waals surface area contributed by atoms with Gasteiger partial charge in [0.25, 0.3) is 0 Å². The maximum Gasteiger partial charge on any atom is 0.335 e. The number of unbranched alkanes of at least 4 members (excludes halogenated alkanes) is 1. The van der Waals surface area contributed by atoms with Gasteiger partial charge in [-0.15, -0.1) is 0 Å². The average Bonchev–Trinajstić information content (AvgIpc) is 2.54. The minimum Gasteiger partial charge on any atom is -0.478 e. The van der Waals surface area contributed by atoms with Crippen LogP contribution in [-0.2, 0) is 11.3 Å². The largest absolute Gasteiger partial charge is 0.478 e. The normalized spacial score (nSPS) is 10.3. The summed E-state index contributed by atoms with van der Waals surface area (Å²) in [5.74, 6) is -1.09. The van der Waals surface area contributed by atoms with Gasteiger partial charge in [0.15, 0.2) is 12.4 Å². The molecule has 1 aromatic heterocycles. The minimum atomic E-state index is -1.000. The van der Waals surface area contributed by atoms with Gasteiger partial charge in [0.2, 0.25) is 5.91 Å². The van der Waals surface area contributed by atoms with E-state index in [-0.39, 0.29) is 11.5 Å². The van der Waals surface area contributed by atoms with Crippen molar-refractivity contribution in [1.29, 1.82) is 0 Å². The summed E-state index contributed by atoms with van der Waals surface area (Å²) in [6.45, 7) is 2.72. The van der Waals surface area contributed by atoms with Gasteiger partial charge >= 0.3 is 5.97 Å². The highest BCUT2D eigenvalue weighted by atomic mass is 16.4. The molecule has 0 radical (unpaired) electrons. The molecule has 0 saturated carbocycles. The van der Waals surface area contributed by atoms with Crippen LogP contribution in [0.5, 0.6) is 0 Å². The van der Waals surface area contributed by atoms with Gasteiger partial charge in [-0.3, -0.25) is 4.79 Å². The van der Waals surface area contributed by atoms with E-state index in [9.17, 15) is 9.59 Å². The van der Waals surface area contributed by atoms with E-state index in [0.29, 0.717) is 12.1 Å². The Morgan fingerprint density at radius 1 is 1.13 bits per heavy atom. The van der Waals surface area contributed by atoms with Gasteiger partial charge in [0.1, 0.15) is 6.54 Å². The van der Waals surface area contributed by atoms with Crippen molar-refractivity contribution in [3.8, 4) is 0 Å². The summed E-state index contributed by atoms with van der Waals surface area (Å²) in [4.78, 5) is 23.0. The van der Waals surface area contributed by atoms with E-state index in [4.69, 9.17) is 5.11 Å². The van der Waals surface area contributed by atoms with Crippen molar-refractivity contribution in [3.05, 3.63) is 59.9 Å². The van der Waals surface area contributed by atoms with Crippen molar-refractivity contribution < 1.29 is 19.3 Å². The molecule has 0 atom stereocenters. The van der Waals surface area contributed by atoms with E-state index in [1.165, 1.54) is 12.1 Å². The van der Waals surface area contributed by atoms with Crippen LogP contribution < -0.4 is 9.88 Å². The second kappa shape index (κ2) is 8.08. The number of nitrogens with zero attached hydrogens (tertiary/aromatic N) is 1. The molecule has 0 aliphatic rings. The molecule has 2 rings (SSSR count). The summed E-state index contributed by atoms with van der Waals surface area (Å²) >= 11 is 0. The Hall–Kier alpha value is -2.69. The summed E-state index contributed by atoms with van der Waals surface area (Å²) in [6.07, 6.45) is 6.12. The highest BCUT2D eigenvalue weighted by Crippen LogP contribution is 2.17. The summed E-state index contributed by atoms with van der Waals surface area (Å²) < 4.78 is 2.08. The van der Waals surface area contributed by atoms with Crippen LogP contribution >= 0.6 is 0 Å². The van der Waals surface area contributed by atoms with Crippen molar-refractivity contribution in [2.45, 2.75) is 32.7 Å². The number of pyridine rings is 1. The standard InChI is InChI=1S/C18H20N2O3/c1-14-8-9-15(18(22)23)13-16(14)19-17(21)7-3-6-12-20-10-4-2-5-11-20/h2,4-5,8-11,13H,3,6-7,12H2,1H3,(H-,19,21,22,23)/p+1. The van der Waals surface area contributed by atoms with E-state index < -0.39 is 5.97 Å². The van der Waals surface area contributed by atoms with E-state index in [0.717, 1.165) is 24.9 Å². The minimum absolute atomic E-state index is 0.0892. The maximum absolute atomic E-state index is 12.0. The van der Waals surface area contributed by atoms with Gasteiger partial charge in [0.05, 0.1) is 5.56 Å². The van der Waals surface area contributed by atoms with Crippen LogP contribution in [-0.4, -0.2) is 17.0 Å². The van der Waals surface area contributed by atoms with Gasteiger partial charge in [-0.1, -0.05) is 12.1 Å². The first-order valence-electron chi connectivity index (χ1n) is 7.64. The number of aromatic carboxylic acids is 1. The number of carboxylic acid groups (broad SMARTS) is 1. The molecule has 23 heavy (non-hydrogen) atoms.